The molecule has 0 radical (unpaired) electrons. The Morgan fingerprint density at radius 2 is 0.589 bits per heavy atom. The second-order valence-electron chi connectivity index (χ2n) is 20.4. The summed E-state index contributed by atoms with van der Waals surface area (Å²) in [4.78, 5) is 11.8. The van der Waals surface area contributed by atoms with Crippen LogP contribution < -0.4 is 38.9 Å². The predicted molar refractivity (Wildman–Crippen MR) is 336 cm³/mol. The van der Waals surface area contributed by atoms with Gasteiger partial charge in [-0.05, 0) is 153 Å². The molecule has 0 rings (SSSR count). The molecule has 0 saturated heterocycles. The van der Waals surface area contributed by atoms with Crippen molar-refractivity contribution >= 4 is 0 Å². The van der Waals surface area contributed by atoms with Crippen LogP contribution in [0.5, 0.6) is 0 Å². The highest BCUT2D eigenvalue weighted by Crippen LogP contribution is 2.06. The molecule has 0 aliphatic carbocycles. The Bertz CT molecular complexity index is 757. The fourth-order valence-corrected chi connectivity index (χ4v) is 7.29. The molecule has 12 N–H and O–H groups in total. The van der Waals surface area contributed by atoms with Gasteiger partial charge in [0, 0.05) is 72.1 Å². The number of hydrogen-bond donors (Lipinski definition) is 8. The molecule has 0 unspecified atom stereocenters. The van der Waals surface area contributed by atoms with E-state index in [0.29, 0.717) is 6.61 Å². The van der Waals surface area contributed by atoms with Gasteiger partial charge in [-0.15, -0.1) is 0 Å². The SMILES string of the molecule is CCCCCCCCN.CCCCCCCCN(C)C.CCCCCCCO.CCCCCN(C)CCCCC.CCCCN(C)CCCN.CCCN(CCN)CCN.CNCCN(CCNC)CCNC. The number of aliphatic hydroxyl groups excluding tert-OH is 1. The van der Waals surface area contributed by atoms with E-state index in [1.807, 2.05) is 21.1 Å². The van der Waals surface area contributed by atoms with Crippen molar-refractivity contribution in [3.05, 3.63) is 0 Å². The molecule has 0 bridgehead atoms. The molecule has 0 amide bonds. The van der Waals surface area contributed by atoms with Gasteiger partial charge in [-0.3, -0.25) is 4.90 Å². The third-order valence-corrected chi connectivity index (χ3v) is 12.2. The molecule has 452 valence electrons. The summed E-state index contributed by atoms with van der Waals surface area (Å²) in [7, 11) is 14.7. The first-order valence-corrected chi connectivity index (χ1v) is 31.2. The van der Waals surface area contributed by atoms with Crippen molar-refractivity contribution in [3.63, 3.8) is 0 Å². The summed E-state index contributed by atoms with van der Waals surface area (Å²) in [6.45, 7) is 35.0. The van der Waals surface area contributed by atoms with Crippen LogP contribution in [0.25, 0.3) is 0 Å². The maximum absolute atomic E-state index is 8.37. The lowest BCUT2D eigenvalue weighted by Gasteiger charge is -2.21. The van der Waals surface area contributed by atoms with E-state index in [9.17, 15) is 0 Å². The minimum absolute atomic E-state index is 0.365. The second-order valence-corrected chi connectivity index (χ2v) is 20.4. The third kappa shape index (κ3) is 104. The van der Waals surface area contributed by atoms with Crippen LogP contribution in [0.2, 0.25) is 0 Å². The Labute approximate surface area is 462 Å². The molecule has 0 aromatic carbocycles. The second kappa shape index (κ2) is 88.1. The van der Waals surface area contributed by atoms with E-state index in [4.69, 9.17) is 28.0 Å². The lowest BCUT2D eigenvalue weighted by Crippen LogP contribution is -2.39. The zero-order valence-corrected chi connectivity index (χ0v) is 53.0. The number of aliphatic hydroxyl groups is 1. The highest BCUT2D eigenvalue weighted by Gasteiger charge is 2.02. The van der Waals surface area contributed by atoms with Gasteiger partial charge in [0.15, 0.2) is 0 Å². The molecule has 0 aromatic heterocycles. The van der Waals surface area contributed by atoms with Gasteiger partial charge in [0.25, 0.3) is 0 Å². The Morgan fingerprint density at radius 1 is 0.288 bits per heavy atom. The highest BCUT2D eigenvalue weighted by atomic mass is 16.2. The van der Waals surface area contributed by atoms with E-state index in [1.54, 1.807) is 0 Å². The lowest BCUT2D eigenvalue weighted by atomic mass is 10.1. The maximum atomic E-state index is 8.37. The van der Waals surface area contributed by atoms with Crippen molar-refractivity contribution in [2.45, 2.75) is 222 Å². The van der Waals surface area contributed by atoms with E-state index in [0.717, 1.165) is 104 Å². The minimum atomic E-state index is 0.365. The van der Waals surface area contributed by atoms with E-state index in [1.165, 1.54) is 187 Å². The van der Waals surface area contributed by atoms with Gasteiger partial charge in [0.05, 0.1) is 0 Å². The van der Waals surface area contributed by atoms with Gasteiger partial charge in [-0.25, -0.2) is 0 Å². The largest absolute Gasteiger partial charge is 0.396 e. The molecular formula is C60H146N12O. The Balaban J connectivity index is -0.000000140. The molecule has 13 nitrogen and oxygen atoms in total. The van der Waals surface area contributed by atoms with Crippen molar-refractivity contribution in [3.8, 4) is 0 Å². The van der Waals surface area contributed by atoms with Crippen molar-refractivity contribution in [1.29, 1.82) is 0 Å². The number of likely N-dealkylation sites (N-methyl/N-ethyl adjacent to an activating group) is 3. The highest BCUT2D eigenvalue weighted by molar-refractivity contribution is 4.62. The number of unbranched alkanes of at least 4 members (excludes halogenated alkanes) is 19. The number of hydrogen-bond acceptors (Lipinski definition) is 13. The van der Waals surface area contributed by atoms with Crippen LogP contribution in [-0.4, -0.2) is 203 Å². The first-order valence-electron chi connectivity index (χ1n) is 31.2. The zero-order chi connectivity index (χ0) is 56.5. The summed E-state index contributed by atoms with van der Waals surface area (Å²) in [6, 6.07) is 0. The topological polar surface area (TPSA) is 177 Å². The Hall–Kier alpha value is -0.520. The Morgan fingerprint density at radius 3 is 0.918 bits per heavy atom. The first kappa shape index (κ1) is 86.4. The number of nitrogens with one attached hydrogen (secondary N) is 3. The lowest BCUT2D eigenvalue weighted by molar-refractivity contribution is 0.279. The summed E-state index contributed by atoms with van der Waals surface area (Å²) < 4.78 is 0. The van der Waals surface area contributed by atoms with Crippen LogP contribution in [0.1, 0.15) is 222 Å². The number of nitrogens with zero attached hydrogens (tertiary/aromatic N) is 5. The van der Waals surface area contributed by atoms with E-state index in [2.05, 4.69) is 117 Å². The van der Waals surface area contributed by atoms with Gasteiger partial charge >= 0.3 is 0 Å². The molecule has 0 spiro atoms. The van der Waals surface area contributed by atoms with Crippen LogP contribution in [0.4, 0.5) is 0 Å². The average Bonchev–Trinajstić information content (AvgIpc) is 3.38. The summed E-state index contributed by atoms with van der Waals surface area (Å²) in [5, 5.41) is 17.9. The molecule has 13 heteroatoms. The third-order valence-electron chi connectivity index (χ3n) is 12.2. The van der Waals surface area contributed by atoms with Crippen LogP contribution in [-0.2, 0) is 0 Å². The van der Waals surface area contributed by atoms with Crippen molar-refractivity contribution < 1.29 is 5.11 Å². The van der Waals surface area contributed by atoms with E-state index >= 15 is 0 Å². The van der Waals surface area contributed by atoms with E-state index in [-0.39, 0.29) is 0 Å². The molecule has 73 heavy (non-hydrogen) atoms. The molecule has 0 fully saturated rings. The minimum Gasteiger partial charge on any atom is -0.396 e. The number of nitrogens with two attached hydrogens (primary N) is 4. The molecule has 0 aliphatic heterocycles. The van der Waals surface area contributed by atoms with Crippen LogP contribution in [0.15, 0.2) is 0 Å². The molecule has 0 atom stereocenters. The van der Waals surface area contributed by atoms with Crippen LogP contribution in [0.3, 0.4) is 0 Å². The maximum Gasteiger partial charge on any atom is 0.0431 e. The van der Waals surface area contributed by atoms with Gasteiger partial charge in [0.1, 0.15) is 0 Å². The standard InChI is InChI=1S/C11H25N.C10H23N.C9H24N4.C8H20N2.C8H19N.C7H19N3.C7H16O/c1-4-6-8-10-12(3)11-9-7-5-2;1-4-5-6-7-8-9-10-11(2)3;1-10-4-7-13(8-5-11-2)9-6-12-3;1-3-4-7-10(2)8-5-6-9;1-2-3-4-5-6-7-8-9;1-2-5-10(6-3-8)7-4-9;1-2-3-4-5-6-7-8/h4-11H2,1-3H3;4-10H2,1-3H3;10-12H,4-9H2,1-3H3;3-9H2,1-2H3;2-9H2,1H3;2-9H2,1H3;8H,2-7H2,1H3. The molecule has 0 heterocycles. The molecule has 0 aliphatic rings. The summed E-state index contributed by atoms with van der Waals surface area (Å²) in [5.41, 5.74) is 21.5. The van der Waals surface area contributed by atoms with Crippen molar-refractivity contribution in [2.75, 3.05) is 174 Å². The van der Waals surface area contributed by atoms with Crippen molar-refractivity contribution in [2.24, 2.45) is 22.9 Å². The van der Waals surface area contributed by atoms with Gasteiger partial charge in [-0.2, -0.15) is 0 Å². The van der Waals surface area contributed by atoms with Gasteiger partial charge in [0.2, 0.25) is 0 Å². The summed E-state index contributed by atoms with van der Waals surface area (Å²) in [5.74, 6) is 0. The van der Waals surface area contributed by atoms with Gasteiger partial charge in [-0.1, -0.05) is 170 Å². The average molecular weight is 1050 g/mol. The van der Waals surface area contributed by atoms with Crippen LogP contribution >= 0.6 is 0 Å². The Kier molecular flexibility index (Phi) is 104. The first-order chi connectivity index (χ1) is 35.4. The molecule has 0 aromatic rings. The van der Waals surface area contributed by atoms with Crippen LogP contribution in [0, 0.1) is 0 Å². The zero-order valence-electron chi connectivity index (χ0n) is 53.0. The molecular weight excluding hydrogens is 905 g/mol. The fraction of sp³-hybridized carbons (Fsp3) is 1.00. The van der Waals surface area contributed by atoms with Gasteiger partial charge < -0.3 is 63.6 Å². The number of rotatable bonds is 47. The van der Waals surface area contributed by atoms with E-state index < -0.39 is 0 Å². The normalized spacial score (nSPS) is 10.7. The smallest absolute Gasteiger partial charge is 0.0431 e. The summed E-state index contributed by atoms with van der Waals surface area (Å²) in [6.07, 6.45) is 35.6. The summed E-state index contributed by atoms with van der Waals surface area (Å²) >= 11 is 0. The quantitative estimate of drug-likeness (QED) is 0.0271. The molecule has 0 saturated carbocycles. The predicted octanol–water partition coefficient (Wildman–Crippen LogP) is 10.1. The van der Waals surface area contributed by atoms with Crippen molar-refractivity contribution in [1.82, 2.24) is 40.4 Å². The fourth-order valence-electron chi connectivity index (χ4n) is 7.29. The monoisotopic (exact) mass is 1050 g/mol.